The second-order valence-corrected chi connectivity index (χ2v) is 7.91. The van der Waals surface area contributed by atoms with Crippen LogP contribution in [0.1, 0.15) is 11.3 Å². The van der Waals surface area contributed by atoms with Crippen molar-refractivity contribution in [3.05, 3.63) is 65.8 Å². The van der Waals surface area contributed by atoms with Crippen molar-refractivity contribution in [2.45, 2.75) is 24.8 Å². The van der Waals surface area contributed by atoms with Gasteiger partial charge in [-0.25, -0.2) is 4.39 Å². The maximum absolute atomic E-state index is 13.2. The summed E-state index contributed by atoms with van der Waals surface area (Å²) in [6.07, 6.45) is 4.87. The number of hydrogen-bond donors (Lipinski definition) is 0. The minimum Gasteiger partial charge on any atom is -0.364 e. The maximum Gasteiger partial charge on any atom is 0.230 e. The van der Waals surface area contributed by atoms with Crippen molar-refractivity contribution in [3.8, 4) is 0 Å². The summed E-state index contributed by atoms with van der Waals surface area (Å²) in [5.41, 5.74) is 0.711. The Morgan fingerprint density at radius 1 is 1.34 bits per heavy atom. The van der Waals surface area contributed by atoms with Gasteiger partial charge in [0.25, 0.3) is 0 Å². The van der Waals surface area contributed by atoms with E-state index in [4.69, 9.17) is 9.26 Å². The minimum absolute atomic E-state index is 0.102. The number of likely N-dealkylation sites (tertiary alicyclic amines) is 1. The van der Waals surface area contributed by atoms with Crippen molar-refractivity contribution in [2.24, 2.45) is 11.8 Å². The Balaban J connectivity index is 1.36. The van der Waals surface area contributed by atoms with Gasteiger partial charge in [0.15, 0.2) is 0 Å². The fourth-order valence-corrected chi connectivity index (χ4v) is 4.70. The van der Waals surface area contributed by atoms with Crippen LogP contribution in [0.3, 0.4) is 0 Å². The van der Waals surface area contributed by atoms with Crippen LogP contribution in [0.15, 0.2) is 53.3 Å². The smallest absolute Gasteiger partial charge is 0.230 e. The summed E-state index contributed by atoms with van der Waals surface area (Å²) in [5.74, 6) is -1.68. The molecule has 4 heterocycles. The molecule has 2 bridgehead atoms. The second-order valence-electron chi connectivity index (χ2n) is 7.91. The van der Waals surface area contributed by atoms with Crippen molar-refractivity contribution in [1.29, 1.82) is 0 Å². The molecule has 29 heavy (non-hydrogen) atoms. The number of carbonyl (C=O) groups excluding carboxylic acids is 2. The molecule has 8 heteroatoms. The third-order valence-corrected chi connectivity index (χ3v) is 6.02. The van der Waals surface area contributed by atoms with Crippen LogP contribution >= 0.6 is 0 Å². The van der Waals surface area contributed by atoms with Gasteiger partial charge >= 0.3 is 0 Å². The molecule has 0 N–H and O–H groups in total. The molecule has 1 spiro atoms. The van der Waals surface area contributed by atoms with Gasteiger partial charge in [-0.1, -0.05) is 29.4 Å². The molecule has 2 saturated heterocycles. The SMILES string of the molecule is CN(Cc1ccon1)C(=O)[C@H]1[C@@H]2C=C[C@@]3(CN(Cc4ccc(F)cc4)C(=O)[C@H]13)O2. The summed E-state index contributed by atoms with van der Waals surface area (Å²) in [7, 11) is 1.69. The Bertz CT molecular complexity index is 974. The van der Waals surface area contributed by atoms with Gasteiger partial charge in [-0.2, -0.15) is 0 Å². The predicted octanol–water partition coefficient (Wildman–Crippen LogP) is 1.75. The molecule has 150 valence electrons. The van der Waals surface area contributed by atoms with Crippen LogP contribution in [0.25, 0.3) is 0 Å². The first-order valence-electron chi connectivity index (χ1n) is 9.51. The van der Waals surface area contributed by atoms with Gasteiger partial charge < -0.3 is 19.1 Å². The second kappa shape index (κ2) is 6.52. The highest BCUT2D eigenvalue weighted by Gasteiger charge is 2.67. The zero-order valence-corrected chi connectivity index (χ0v) is 15.8. The zero-order valence-electron chi connectivity index (χ0n) is 15.8. The zero-order chi connectivity index (χ0) is 20.2. The molecule has 0 unspecified atom stereocenters. The maximum atomic E-state index is 13.2. The molecule has 0 radical (unpaired) electrons. The molecule has 2 fully saturated rings. The average Bonchev–Trinajstić information content (AvgIpc) is 3.46. The quantitative estimate of drug-likeness (QED) is 0.719. The van der Waals surface area contributed by atoms with Gasteiger partial charge in [0.05, 0.1) is 31.0 Å². The number of fused-ring (bicyclic) bond motifs is 1. The summed E-state index contributed by atoms with van der Waals surface area (Å²) in [6, 6.07) is 7.78. The number of nitrogens with zero attached hydrogens (tertiary/aromatic N) is 3. The number of carbonyl (C=O) groups is 2. The number of aromatic nitrogens is 1. The highest BCUT2D eigenvalue weighted by molar-refractivity contribution is 5.93. The van der Waals surface area contributed by atoms with E-state index in [1.807, 2.05) is 12.2 Å². The molecule has 3 aliphatic heterocycles. The molecule has 0 saturated carbocycles. The number of hydrogen-bond acceptors (Lipinski definition) is 5. The Labute approximate surface area is 166 Å². The topological polar surface area (TPSA) is 75.9 Å². The van der Waals surface area contributed by atoms with Gasteiger partial charge in [-0.3, -0.25) is 9.59 Å². The molecule has 4 atom stereocenters. The number of ether oxygens (including phenoxy) is 1. The average molecular weight is 397 g/mol. The van der Waals surface area contributed by atoms with Crippen molar-refractivity contribution in [3.63, 3.8) is 0 Å². The standard InChI is InChI=1S/C21H20FN3O4/c1-24(11-15-7-9-28-23-15)19(26)17-16-6-8-21(29-16)12-25(20(27)18(17)21)10-13-2-4-14(22)5-3-13/h2-9,16-18H,10-12H2,1H3/t16-,17-,18-,21-/m0/s1. The molecule has 3 aliphatic rings. The van der Waals surface area contributed by atoms with E-state index >= 15 is 0 Å². The van der Waals surface area contributed by atoms with Crippen molar-refractivity contribution < 1.29 is 23.2 Å². The molecule has 0 aliphatic carbocycles. The Kier molecular flexibility index (Phi) is 4.06. The summed E-state index contributed by atoms with van der Waals surface area (Å²) in [4.78, 5) is 29.7. The summed E-state index contributed by atoms with van der Waals surface area (Å²) >= 11 is 0. The van der Waals surface area contributed by atoms with Gasteiger partial charge in [0, 0.05) is 19.7 Å². The van der Waals surface area contributed by atoms with E-state index in [1.54, 1.807) is 35.0 Å². The summed E-state index contributed by atoms with van der Waals surface area (Å²) < 4.78 is 24.1. The molecular formula is C21H20FN3O4. The highest BCUT2D eigenvalue weighted by atomic mass is 19.1. The molecule has 1 aromatic heterocycles. The Morgan fingerprint density at radius 2 is 2.14 bits per heavy atom. The van der Waals surface area contributed by atoms with Gasteiger partial charge in [-0.15, -0.1) is 0 Å². The molecule has 2 amide bonds. The normalized spacial score (nSPS) is 29.5. The van der Waals surface area contributed by atoms with Crippen LogP contribution in [-0.2, 0) is 27.4 Å². The van der Waals surface area contributed by atoms with E-state index in [0.29, 0.717) is 25.3 Å². The van der Waals surface area contributed by atoms with E-state index in [0.717, 1.165) is 5.56 Å². The number of rotatable bonds is 5. The van der Waals surface area contributed by atoms with E-state index < -0.39 is 23.5 Å². The monoisotopic (exact) mass is 397 g/mol. The summed E-state index contributed by atoms with van der Waals surface area (Å²) in [5, 5.41) is 3.84. The van der Waals surface area contributed by atoms with Crippen molar-refractivity contribution >= 4 is 11.8 Å². The minimum atomic E-state index is -0.767. The largest absolute Gasteiger partial charge is 0.364 e. The lowest BCUT2D eigenvalue weighted by Gasteiger charge is -2.27. The van der Waals surface area contributed by atoms with Gasteiger partial charge in [0.2, 0.25) is 11.8 Å². The Morgan fingerprint density at radius 3 is 2.86 bits per heavy atom. The first kappa shape index (κ1) is 18.1. The highest BCUT2D eigenvalue weighted by Crippen LogP contribution is 2.52. The molecule has 7 nitrogen and oxygen atoms in total. The van der Waals surface area contributed by atoms with E-state index in [9.17, 15) is 14.0 Å². The third kappa shape index (κ3) is 2.86. The van der Waals surface area contributed by atoms with Crippen molar-refractivity contribution in [2.75, 3.05) is 13.6 Å². The van der Waals surface area contributed by atoms with E-state index in [1.165, 1.54) is 18.4 Å². The molecule has 5 rings (SSSR count). The van der Waals surface area contributed by atoms with E-state index in [-0.39, 0.29) is 17.6 Å². The van der Waals surface area contributed by atoms with Crippen LogP contribution in [0.5, 0.6) is 0 Å². The number of amides is 2. The van der Waals surface area contributed by atoms with Crippen LogP contribution in [0, 0.1) is 17.7 Å². The predicted molar refractivity (Wildman–Crippen MR) is 98.5 cm³/mol. The lowest BCUT2D eigenvalue weighted by Crippen LogP contribution is -2.44. The van der Waals surface area contributed by atoms with Gasteiger partial charge in [-0.05, 0) is 17.7 Å². The van der Waals surface area contributed by atoms with Crippen LogP contribution in [0.4, 0.5) is 4.39 Å². The first-order valence-corrected chi connectivity index (χ1v) is 9.51. The molecule has 1 aromatic carbocycles. The van der Waals surface area contributed by atoms with Crippen LogP contribution < -0.4 is 0 Å². The first-order chi connectivity index (χ1) is 14.0. The van der Waals surface area contributed by atoms with Crippen molar-refractivity contribution in [1.82, 2.24) is 15.0 Å². The number of halogens is 1. The fraction of sp³-hybridized carbons (Fsp3) is 0.381. The van der Waals surface area contributed by atoms with Crippen LogP contribution in [0.2, 0.25) is 0 Å². The molecular weight excluding hydrogens is 377 g/mol. The van der Waals surface area contributed by atoms with Crippen LogP contribution in [-0.4, -0.2) is 52.1 Å². The Hall–Kier alpha value is -3.00. The summed E-state index contributed by atoms with van der Waals surface area (Å²) in [6.45, 7) is 1.04. The third-order valence-electron chi connectivity index (χ3n) is 6.02. The van der Waals surface area contributed by atoms with Gasteiger partial charge in [0.1, 0.15) is 23.4 Å². The fourth-order valence-electron chi connectivity index (χ4n) is 4.70. The lowest BCUT2D eigenvalue weighted by molar-refractivity contribution is -0.143. The number of benzene rings is 1. The molecule has 2 aromatic rings. The lowest BCUT2D eigenvalue weighted by atomic mass is 9.76. The van der Waals surface area contributed by atoms with E-state index in [2.05, 4.69) is 5.16 Å².